The number of nitrogens with zero attached hydrogens (tertiary/aromatic N) is 2. The number of nitrogens with one attached hydrogen (secondary N) is 1. The number of H-pyrrole nitrogens is 1. The molecule has 0 fully saturated rings. The molecule has 4 nitrogen and oxygen atoms in total. The number of rotatable bonds is 3. The second kappa shape index (κ2) is 4.62. The Morgan fingerprint density at radius 2 is 2.22 bits per heavy atom. The summed E-state index contributed by atoms with van der Waals surface area (Å²) < 4.78 is 2.29. The zero-order valence-corrected chi connectivity index (χ0v) is 11.6. The number of halogens is 1. The molecule has 18 heavy (non-hydrogen) atoms. The molecule has 1 aromatic carbocycles. The third kappa shape index (κ3) is 2.09. The van der Waals surface area contributed by atoms with Gasteiger partial charge in [0.1, 0.15) is 5.69 Å². The van der Waals surface area contributed by atoms with Crippen LogP contribution < -0.4 is 0 Å². The Labute approximate surface area is 115 Å². The van der Waals surface area contributed by atoms with Crippen LogP contribution >= 0.6 is 27.3 Å². The first-order valence-corrected chi connectivity index (χ1v) is 6.90. The van der Waals surface area contributed by atoms with Crippen molar-refractivity contribution in [1.29, 1.82) is 0 Å². The van der Waals surface area contributed by atoms with Crippen molar-refractivity contribution in [2.45, 2.75) is 6.42 Å². The first kappa shape index (κ1) is 11.6. The lowest BCUT2D eigenvalue weighted by Gasteiger charge is -1.91. The van der Waals surface area contributed by atoms with Crippen LogP contribution in [0.2, 0.25) is 0 Å². The summed E-state index contributed by atoms with van der Waals surface area (Å²) >= 11 is 5.16. The molecule has 90 valence electrons. The molecule has 0 aliphatic heterocycles. The average Bonchev–Trinajstić information content (AvgIpc) is 2.94. The number of aromatic amines is 1. The average molecular weight is 322 g/mol. The van der Waals surface area contributed by atoms with Gasteiger partial charge in [0.15, 0.2) is 6.29 Å². The van der Waals surface area contributed by atoms with E-state index < -0.39 is 0 Å². The Balaban J connectivity index is 1.98. The number of hydrogen-bond acceptors (Lipinski definition) is 4. The smallest absolute Gasteiger partial charge is 0.172 e. The largest absolute Gasteiger partial charge is 0.296 e. The minimum atomic E-state index is 0.383. The van der Waals surface area contributed by atoms with Gasteiger partial charge in [-0.2, -0.15) is 15.4 Å². The molecule has 3 rings (SSSR count). The summed E-state index contributed by atoms with van der Waals surface area (Å²) in [6.45, 7) is 0. The Bertz CT molecular complexity index is 719. The van der Waals surface area contributed by atoms with Crippen LogP contribution in [0.1, 0.15) is 21.1 Å². The minimum Gasteiger partial charge on any atom is -0.296 e. The molecule has 0 atom stereocenters. The number of carbonyl (C=O) groups excluding carboxylic acids is 1. The lowest BCUT2D eigenvalue weighted by atomic mass is 10.2. The van der Waals surface area contributed by atoms with E-state index in [-0.39, 0.29) is 0 Å². The van der Waals surface area contributed by atoms with E-state index in [2.05, 4.69) is 49.5 Å². The summed E-state index contributed by atoms with van der Waals surface area (Å²) in [5.74, 6) is 0. The lowest BCUT2D eigenvalue weighted by Crippen LogP contribution is -1.91. The van der Waals surface area contributed by atoms with Gasteiger partial charge in [-0.05, 0) is 29.7 Å². The second-order valence-corrected chi connectivity index (χ2v) is 5.93. The zero-order chi connectivity index (χ0) is 12.5. The molecule has 0 spiro atoms. The monoisotopic (exact) mass is 321 g/mol. The Morgan fingerprint density at radius 1 is 1.33 bits per heavy atom. The highest BCUT2D eigenvalue weighted by Crippen LogP contribution is 2.29. The third-order valence-corrected chi connectivity index (χ3v) is 4.24. The first-order chi connectivity index (χ1) is 8.76. The van der Waals surface area contributed by atoms with E-state index in [4.69, 9.17) is 0 Å². The predicted octanol–water partition coefficient (Wildman–Crippen LogP) is 3.19. The number of thiophene rings is 1. The van der Waals surface area contributed by atoms with Gasteiger partial charge in [-0.3, -0.25) is 4.79 Å². The Hall–Kier alpha value is -1.53. The van der Waals surface area contributed by atoms with Gasteiger partial charge in [0.25, 0.3) is 0 Å². The normalized spacial score (nSPS) is 10.9. The van der Waals surface area contributed by atoms with Crippen LogP contribution in [-0.4, -0.2) is 21.7 Å². The van der Waals surface area contributed by atoms with Crippen molar-refractivity contribution in [2.24, 2.45) is 0 Å². The second-order valence-electron chi connectivity index (χ2n) is 3.85. The highest BCUT2D eigenvalue weighted by Gasteiger charge is 2.10. The maximum atomic E-state index is 10.8. The summed E-state index contributed by atoms with van der Waals surface area (Å²) in [7, 11) is 0. The van der Waals surface area contributed by atoms with Crippen molar-refractivity contribution in [2.75, 3.05) is 0 Å². The predicted molar refractivity (Wildman–Crippen MR) is 74.1 cm³/mol. The Morgan fingerprint density at radius 3 is 3.06 bits per heavy atom. The van der Waals surface area contributed by atoms with Crippen LogP contribution in [-0.2, 0) is 6.42 Å². The molecule has 0 aliphatic carbocycles. The molecule has 0 bridgehead atoms. The van der Waals surface area contributed by atoms with Crippen molar-refractivity contribution in [3.63, 3.8) is 0 Å². The van der Waals surface area contributed by atoms with Gasteiger partial charge in [-0.15, -0.1) is 11.3 Å². The minimum absolute atomic E-state index is 0.383. The maximum Gasteiger partial charge on any atom is 0.172 e. The molecule has 0 unspecified atom stereocenters. The van der Waals surface area contributed by atoms with Gasteiger partial charge in [0.05, 0.1) is 5.69 Å². The van der Waals surface area contributed by atoms with Crippen LogP contribution in [0.3, 0.4) is 0 Å². The molecular formula is C12H8BrN3OS. The summed E-state index contributed by atoms with van der Waals surface area (Å²) in [5.41, 5.74) is 1.07. The fourth-order valence-corrected chi connectivity index (χ4v) is 3.23. The van der Waals surface area contributed by atoms with E-state index in [1.54, 1.807) is 11.3 Å². The lowest BCUT2D eigenvalue weighted by molar-refractivity contribution is 0.111. The molecule has 0 radical (unpaired) electrons. The van der Waals surface area contributed by atoms with Crippen LogP contribution in [0.25, 0.3) is 10.1 Å². The van der Waals surface area contributed by atoms with E-state index in [0.29, 0.717) is 17.8 Å². The van der Waals surface area contributed by atoms with Gasteiger partial charge in [0, 0.05) is 20.5 Å². The highest BCUT2D eigenvalue weighted by molar-refractivity contribution is 9.10. The molecule has 0 aliphatic rings. The van der Waals surface area contributed by atoms with Crippen LogP contribution in [0.5, 0.6) is 0 Å². The molecule has 0 saturated heterocycles. The zero-order valence-electron chi connectivity index (χ0n) is 9.18. The van der Waals surface area contributed by atoms with Gasteiger partial charge in [-0.25, -0.2) is 0 Å². The molecule has 0 saturated carbocycles. The molecule has 2 heterocycles. The summed E-state index contributed by atoms with van der Waals surface area (Å²) in [6, 6.07) is 8.30. The number of carbonyl (C=O) groups is 1. The van der Waals surface area contributed by atoms with Crippen LogP contribution in [0.15, 0.2) is 28.7 Å². The SMILES string of the molecule is O=Cc1n[nH]nc1Cc1cc2cc(Br)ccc2s1. The van der Waals surface area contributed by atoms with Gasteiger partial charge in [0.2, 0.25) is 0 Å². The van der Waals surface area contributed by atoms with Gasteiger partial charge < -0.3 is 0 Å². The highest BCUT2D eigenvalue weighted by atomic mass is 79.9. The molecule has 0 amide bonds. The van der Waals surface area contributed by atoms with Crippen molar-refractivity contribution in [3.8, 4) is 0 Å². The van der Waals surface area contributed by atoms with Gasteiger partial charge >= 0.3 is 0 Å². The third-order valence-electron chi connectivity index (χ3n) is 2.63. The van der Waals surface area contributed by atoms with E-state index in [1.165, 1.54) is 15.0 Å². The van der Waals surface area contributed by atoms with Crippen molar-refractivity contribution < 1.29 is 4.79 Å². The summed E-state index contributed by atoms with van der Waals surface area (Å²) in [6.07, 6.45) is 1.35. The maximum absolute atomic E-state index is 10.8. The quantitative estimate of drug-likeness (QED) is 0.754. The fourth-order valence-electron chi connectivity index (χ4n) is 1.81. The topological polar surface area (TPSA) is 58.6 Å². The van der Waals surface area contributed by atoms with E-state index in [1.807, 2.05) is 6.07 Å². The fraction of sp³-hybridized carbons (Fsp3) is 0.0833. The molecule has 2 aromatic heterocycles. The van der Waals surface area contributed by atoms with E-state index >= 15 is 0 Å². The molecule has 3 aromatic rings. The molecular weight excluding hydrogens is 314 g/mol. The number of aldehydes is 1. The first-order valence-electron chi connectivity index (χ1n) is 5.29. The van der Waals surface area contributed by atoms with Crippen LogP contribution in [0, 0.1) is 0 Å². The van der Waals surface area contributed by atoms with Gasteiger partial charge in [-0.1, -0.05) is 15.9 Å². The number of benzene rings is 1. The molecule has 1 N–H and O–H groups in total. The van der Waals surface area contributed by atoms with Crippen molar-refractivity contribution in [1.82, 2.24) is 15.4 Å². The van der Waals surface area contributed by atoms with E-state index in [0.717, 1.165) is 10.8 Å². The summed E-state index contributed by atoms with van der Waals surface area (Å²) in [5, 5.41) is 11.5. The molecule has 6 heteroatoms. The van der Waals surface area contributed by atoms with Crippen molar-refractivity contribution >= 4 is 43.6 Å². The Kier molecular flexibility index (Phi) is 2.97. The van der Waals surface area contributed by atoms with E-state index in [9.17, 15) is 4.79 Å². The number of aromatic nitrogens is 3. The standard InChI is InChI=1S/C12H8BrN3OS/c13-8-1-2-12-7(3-8)4-9(18-12)5-10-11(6-17)15-16-14-10/h1-4,6H,5H2,(H,14,15,16). The van der Waals surface area contributed by atoms with Crippen LogP contribution in [0.4, 0.5) is 0 Å². The number of fused-ring (bicyclic) bond motifs is 1. The summed E-state index contributed by atoms with van der Waals surface area (Å²) in [4.78, 5) is 11.9. The van der Waals surface area contributed by atoms with Crippen molar-refractivity contribution in [3.05, 3.63) is 45.0 Å². The number of hydrogen-bond donors (Lipinski definition) is 1.